The van der Waals surface area contributed by atoms with Gasteiger partial charge in [-0.2, -0.15) is 0 Å². The molecule has 2 amide bonds. The Bertz CT molecular complexity index is 644. The number of hydrogen-bond acceptors (Lipinski definition) is 5. The maximum atomic E-state index is 13.7. The second-order valence-corrected chi connectivity index (χ2v) is 10.6. The third-order valence-corrected chi connectivity index (χ3v) is 8.51. The lowest BCUT2D eigenvalue weighted by Gasteiger charge is -2.53. The predicted octanol–water partition coefficient (Wildman–Crippen LogP) is 2.74. The van der Waals surface area contributed by atoms with E-state index in [9.17, 15) is 14.7 Å². The zero-order chi connectivity index (χ0) is 22.6. The molecule has 3 aliphatic heterocycles. The lowest BCUT2D eigenvalue weighted by atomic mass is 9.77. The van der Waals surface area contributed by atoms with Crippen molar-refractivity contribution in [3.63, 3.8) is 0 Å². The molecular formula is C25H44ClN3O4. The number of piperidine rings is 1. The van der Waals surface area contributed by atoms with Gasteiger partial charge in [0.1, 0.15) is 11.6 Å². The van der Waals surface area contributed by atoms with E-state index in [1.165, 1.54) is 6.42 Å². The van der Waals surface area contributed by atoms with Crippen molar-refractivity contribution in [1.82, 2.24) is 15.1 Å². The monoisotopic (exact) mass is 485 g/mol. The first-order valence-electron chi connectivity index (χ1n) is 13.2. The van der Waals surface area contributed by atoms with Crippen LogP contribution in [-0.2, 0) is 14.3 Å². The summed E-state index contributed by atoms with van der Waals surface area (Å²) in [7, 11) is 0. The number of aliphatic hydroxyl groups is 1. The molecule has 3 saturated heterocycles. The van der Waals surface area contributed by atoms with Crippen LogP contribution in [0.3, 0.4) is 0 Å². The summed E-state index contributed by atoms with van der Waals surface area (Å²) in [6.07, 6.45) is 9.98. The minimum Gasteiger partial charge on any atom is -0.390 e. The van der Waals surface area contributed by atoms with Crippen LogP contribution in [0, 0.1) is 11.8 Å². The molecule has 1 saturated carbocycles. The van der Waals surface area contributed by atoms with E-state index in [0.29, 0.717) is 25.3 Å². The van der Waals surface area contributed by atoms with Crippen molar-refractivity contribution in [3.8, 4) is 0 Å². The zero-order valence-electron chi connectivity index (χ0n) is 20.3. The third-order valence-electron chi connectivity index (χ3n) is 8.51. The average molecular weight is 486 g/mol. The van der Waals surface area contributed by atoms with E-state index in [-0.39, 0.29) is 30.1 Å². The molecule has 2 N–H and O–H groups in total. The van der Waals surface area contributed by atoms with E-state index in [0.717, 1.165) is 84.2 Å². The fraction of sp³-hybridized carbons (Fsp3) is 0.920. The molecule has 4 aliphatic rings. The van der Waals surface area contributed by atoms with Crippen LogP contribution in [0.5, 0.6) is 0 Å². The second kappa shape index (κ2) is 12.2. The SMILES string of the molecule is CCCCN1C(=O)[C@@H]([C@H](O)C2CCCCC2)NC(=O)C12CCN(CC1CCOCC1)CC2.Cl. The molecule has 33 heavy (non-hydrogen) atoms. The van der Waals surface area contributed by atoms with Crippen molar-refractivity contribution < 1.29 is 19.4 Å². The number of carbonyl (C=O) groups excluding carboxylic acids is 2. The molecule has 3 heterocycles. The number of hydrogen-bond donors (Lipinski definition) is 2. The van der Waals surface area contributed by atoms with Crippen molar-refractivity contribution >= 4 is 24.2 Å². The van der Waals surface area contributed by atoms with Crippen molar-refractivity contribution in [2.75, 3.05) is 39.4 Å². The number of amides is 2. The van der Waals surface area contributed by atoms with Crippen LogP contribution in [0.1, 0.15) is 77.6 Å². The molecule has 1 spiro atoms. The first-order valence-corrected chi connectivity index (χ1v) is 13.2. The van der Waals surface area contributed by atoms with Gasteiger partial charge >= 0.3 is 0 Å². The second-order valence-electron chi connectivity index (χ2n) is 10.6. The molecule has 2 atom stereocenters. The minimum atomic E-state index is -0.784. The van der Waals surface area contributed by atoms with Gasteiger partial charge in [-0.05, 0) is 56.8 Å². The molecule has 8 heteroatoms. The molecule has 1 aliphatic carbocycles. The van der Waals surface area contributed by atoms with E-state index in [1.54, 1.807) is 0 Å². The maximum Gasteiger partial charge on any atom is 0.248 e. The Hall–Kier alpha value is -0.890. The largest absolute Gasteiger partial charge is 0.390 e. The number of rotatable bonds is 7. The standard InChI is InChI=1S/C25H43N3O4.ClH/c1-2-3-13-28-23(30)21(22(29)20-7-5-4-6-8-20)26-24(31)25(28)11-14-27(15-12-25)18-19-9-16-32-17-10-19;/h19-22,29H,2-18H2,1H3,(H,26,31);1H/t21-,22-;/m1./s1. The summed E-state index contributed by atoms with van der Waals surface area (Å²) in [4.78, 5) is 31.5. The highest BCUT2D eigenvalue weighted by atomic mass is 35.5. The lowest BCUT2D eigenvalue weighted by molar-refractivity contribution is -0.166. The highest BCUT2D eigenvalue weighted by Crippen LogP contribution is 2.36. The Morgan fingerprint density at radius 3 is 2.39 bits per heavy atom. The Labute approximate surface area is 205 Å². The molecule has 7 nitrogen and oxygen atoms in total. The number of halogens is 1. The van der Waals surface area contributed by atoms with Gasteiger partial charge in [-0.15, -0.1) is 12.4 Å². The van der Waals surface area contributed by atoms with Crippen LogP contribution in [0.25, 0.3) is 0 Å². The third kappa shape index (κ3) is 5.85. The molecule has 0 bridgehead atoms. The van der Waals surface area contributed by atoms with Gasteiger partial charge in [0, 0.05) is 39.4 Å². The quantitative estimate of drug-likeness (QED) is 0.579. The van der Waals surface area contributed by atoms with Crippen LogP contribution in [-0.4, -0.2) is 83.8 Å². The molecule has 0 aromatic heterocycles. The van der Waals surface area contributed by atoms with Crippen molar-refractivity contribution in [2.24, 2.45) is 11.8 Å². The zero-order valence-corrected chi connectivity index (χ0v) is 21.1. The van der Waals surface area contributed by atoms with Gasteiger partial charge in [-0.3, -0.25) is 9.59 Å². The Morgan fingerprint density at radius 1 is 1.09 bits per heavy atom. The number of ether oxygens (including phenoxy) is 1. The van der Waals surface area contributed by atoms with Gasteiger partial charge in [-0.25, -0.2) is 0 Å². The fourth-order valence-electron chi connectivity index (χ4n) is 6.36. The average Bonchev–Trinajstić information content (AvgIpc) is 2.83. The van der Waals surface area contributed by atoms with Crippen LogP contribution in [0.15, 0.2) is 0 Å². The summed E-state index contributed by atoms with van der Waals surface area (Å²) in [6.45, 7) is 7.19. The first kappa shape index (κ1) is 26.7. The summed E-state index contributed by atoms with van der Waals surface area (Å²) in [5, 5.41) is 14.1. The van der Waals surface area contributed by atoms with Gasteiger partial charge in [-0.1, -0.05) is 32.6 Å². The number of piperazine rings is 1. The molecule has 4 fully saturated rings. The number of unbranched alkanes of at least 4 members (excludes halogenated alkanes) is 1. The van der Waals surface area contributed by atoms with E-state index < -0.39 is 17.7 Å². The maximum absolute atomic E-state index is 13.7. The number of likely N-dealkylation sites (tertiary alicyclic amines) is 1. The van der Waals surface area contributed by atoms with Gasteiger partial charge in [0.15, 0.2) is 0 Å². The number of carbonyl (C=O) groups is 2. The Balaban J connectivity index is 0.00000306. The normalized spacial score (nSPS) is 28.4. The van der Waals surface area contributed by atoms with Crippen molar-refractivity contribution in [1.29, 1.82) is 0 Å². The summed E-state index contributed by atoms with van der Waals surface area (Å²) in [5.74, 6) is 0.681. The molecule has 190 valence electrons. The minimum absolute atomic E-state index is 0. The molecule has 4 rings (SSSR count). The molecule has 0 aromatic rings. The summed E-state index contributed by atoms with van der Waals surface area (Å²) in [5.41, 5.74) is -0.749. The fourth-order valence-corrected chi connectivity index (χ4v) is 6.36. The van der Waals surface area contributed by atoms with Crippen LogP contribution in [0.4, 0.5) is 0 Å². The molecule has 0 radical (unpaired) electrons. The molecule has 0 unspecified atom stereocenters. The molecule has 0 aromatic carbocycles. The van der Waals surface area contributed by atoms with Gasteiger partial charge < -0.3 is 25.0 Å². The predicted molar refractivity (Wildman–Crippen MR) is 130 cm³/mol. The number of nitrogens with one attached hydrogen (secondary N) is 1. The Morgan fingerprint density at radius 2 is 1.76 bits per heavy atom. The Kier molecular flexibility index (Phi) is 9.86. The highest BCUT2D eigenvalue weighted by Gasteiger charge is 2.55. The van der Waals surface area contributed by atoms with E-state index in [1.807, 2.05) is 4.90 Å². The summed E-state index contributed by atoms with van der Waals surface area (Å²) < 4.78 is 5.49. The van der Waals surface area contributed by atoms with E-state index in [2.05, 4.69) is 17.1 Å². The summed E-state index contributed by atoms with van der Waals surface area (Å²) in [6, 6.07) is -0.784. The van der Waals surface area contributed by atoms with Crippen LogP contribution >= 0.6 is 12.4 Å². The van der Waals surface area contributed by atoms with Crippen LogP contribution < -0.4 is 5.32 Å². The van der Waals surface area contributed by atoms with Gasteiger partial charge in [0.25, 0.3) is 0 Å². The van der Waals surface area contributed by atoms with Crippen molar-refractivity contribution in [2.45, 2.75) is 95.2 Å². The smallest absolute Gasteiger partial charge is 0.248 e. The first-order chi connectivity index (χ1) is 15.5. The number of nitrogens with zero attached hydrogens (tertiary/aromatic N) is 2. The van der Waals surface area contributed by atoms with Crippen LogP contribution in [0.2, 0.25) is 0 Å². The van der Waals surface area contributed by atoms with E-state index in [4.69, 9.17) is 4.74 Å². The topological polar surface area (TPSA) is 82.1 Å². The van der Waals surface area contributed by atoms with Gasteiger partial charge in [0.2, 0.25) is 11.8 Å². The highest BCUT2D eigenvalue weighted by molar-refractivity contribution is 6.00. The van der Waals surface area contributed by atoms with Crippen molar-refractivity contribution in [3.05, 3.63) is 0 Å². The molecular weight excluding hydrogens is 442 g/mol. The number of aliphatic hydroxyl groups excluding tert-OH is 1. The summed E-state index contributed by atoms with van der Waals surface area (Å²) >= 11 is 0. The lowest BCUT2D eigenvalue weighted by Crippen LogP contribution is -2.75. The van der Waals surface area contributed by atoms with E-state index >= 15 is 0 Å². The van der Waals surface area contributed by atoms with Gasteiger partial charge in [0.05, 0.1) is 6.10 Å².